The SMILES string of the molecule is [B]c1cc(C[C@@H](OC(=O)N2CCC(N3CCc4ccccc4NC3=O)CC2)C(=O)N2CCN(C3CCN(S(C)(=O)=O)CC3)CC2)ccc1O. The van der Waals surface area contributed by atoms with E-state index in [1.807, 2.05) is 29.2 Å². The highest BCUT2D eigenvalue weighted by molar-refractivity contribution is 7.88. The van der Waals surface area contributed by atoms with Crippen LogP contribution in [0.3, 0.4) is 0 Å². The Morgan fingerprint density at radius 2 is 1.59 bits per heavy atom. The van der Waals surface area contributed by atoms with Crippen molar-refractivity contribution in [2.45, 2.75) is 56.7 Å². The number of para-hydroxylation sites is 1. The molecule has 0 saturated carbocycles. The number of piperazine rings is 1. The van der Waals surface area contributed by atoms with Gasteiger partial charge in [0.05, 0.1) is 6.26 Å². The van der Waals surface area contributed by atoms with Gasteiger partial charge < -0.3 is 29.9 Å². The van der Waals surface area contributed by atoms with Crippen molar-refractivity contribution in [1.82, 2.24) is 23.9 Å². The van der Waals surface area contributed by atoms with Gasteiger partial charge in [-0.15, -0.1) is 0 Å². The van der Waals surface area contributed by atoms with Crippen LogP contribution < -0.4 is 10.8 Å². The number of hydrogen-bond donors (Lipinski definition) is 2. The first-order valence-corrected chi connectivity index (χ1v) is 19.0. The van der Waals surface area contributed by atoms with Gasteiger partial charge in [0, 0.05) is 83.1 Å². The van der Waals surface area contributed by atoms with E-state index in [9.17, 15) is 27.9 Å². The van der Waals surface area contributed by atoms with Crippen LogP contribution in [0.15, 0.2) is 42.5 Å². The molecule has 4 aliphatic rings. The van der Waals surface area contributed by atoms with Gasteiger partial charge >= 0.3 is 12.1 Å². The molecule has 13 nitrogen and oxygen atoms in total. The van der Waals surface area contributed by atoms with Gasteiger partial charge in [-0.25, -0.2) is 22.3 Å². The maximum Gasteiger partial charge on any atom is 0.410 e. The number of hydrogen-bond acceptors (Lipinski definition) is 8. The number of urea groups is 1. The molecule has 262 valence electrons. The second kappa shape index (κ2) is 15.0. The van der Waals surface area contributed by atoms with Crippen molar-refractivity contribution in [3.05, 3.63) is 53.6 Å². The first kappa shape index (κ1) is 35.0. The molecule has 49 heavy (non-hydrogen) atoms. The molecule has 6 rings (SSSR count). The minimum atomic E-state index is -3.20. The lowest BCUT2D eigenvalue weighted by molar-refractivity contribution is -0.143. The van der Waals surface area contributed by atoms with Crippen molar-refractivity contribution in [3.8, 4) is 5.75 Å². The maximum absolute atomic E-state index is 13.9. The first-order valence-electron chi connectivity index (χ1n) is 17.1. The molecule has 2 aromatic carbocycles. The Labute approximate surface area is 289 Å². The number of aromatic hydroxyl groups is 1. The number of likely N-dealkylation sites (tertiary alicyclic amines) is 1. The van der Waals surface area contributed by atoms with Gasteiger partial charge in [-0.3, -0.25) is 9.69 Å². The molecule has 4 aliphatic heterocycles. The van der Waals surface area contributed by atoms with Crippen LogP contribution in [0.1, 0.15) is 36.8 Å². The fourth-order valence-corrected chi connectivity index (χ4v) is 8.34. The molecule has 4 amide bonds. The van der Waals surface area contributed by atoms with Crippen molar-refractivity contribution in [2.75, 3.05) is 70.5 Å². The van der Waals surface area contributed by atoms with Crippen LogP contribution in [0.4, 0.5) is 15.3 Å². The van der Waals surface area contributed by atoms with E-state index in [0.29, 0.717) is 77.3 Å². The summed E-state index contributed by atoms with van der Waals surface area (Å²) in [6.07, 6.45) is 3.11. The minimum absolute atomic E-state index is 0.0225. The number of carbonyl (C=O) groups is 3. The third-order valence-corrected chi connectivity index (χ3v) is 11.7. The predicted molar refractivity (Wildman–Crippen MR) is 186 cm³/mol. The van der Waals surface area contributed by atoms with Gasteiger partial charge in [-0.05, 0) is 55.4 Å². The van der Waals surface area contributed by atoms with Crippen molar-refractivity contribution in [1.29, 1.82) is 0 Å². The Bertz CT molecular complexity index is 1640. The molecule has 0 bridgehead atoms. The fourth-order valence-electron chi connectivity index (χ4n) is 7.47. The number of anilines is 1. The summed E-state index contributed by atoms with van der Waals surface area (Å²) in [5.41, 5.74) is 2.76. The normalized spacial score (nSPS) is 21.1. The quantitative estimate of drug-likeness (QED) is 0.415. The molecule has 1 atom stereocenters. The van der Waals surface area contributed by atoms with Crippen molar-refractivity contribution >= 4 is 47.1 Å². The van der Waals surface area contributed by atoms with E-state index < -0.39 is 22.2 Å². The summed E-state index contributed by atoms with van der Waals surface area (Å²) in [6, 6.07) is 12.6. The number of sulfonamides is 1. The van der Waals surface area contributed by atoms with Crippen LogP contribution in [0.2, 0.25) is 0 Å². The minimum Gasteiger partial charge on any atom is -0.509 e. The summed E-state index contributed by atoms with van der Waals surface area (Å²) < 4.78 is 31.3. The van der Waals surface area contributed by atoms with Gasteiger partial charge in [0.2, 0.25) is 10.0 Å². The summed E-state index contributed by atoms with van der Waals surface area (Å²) in [5, 5.41) is 12.9. The molecule has 15 heteroatoms. The Balaban J connectivity index is 1.06. The Morgan fingerprint density at radius 3 is 2.27 bits per heavy atom. The van der Waals surface area contributed by atoms with Gasteiger partial charge in [-0.1, -0.05) is 35.8 Å². The van der Waals surface area contributed by atoms with E-state index in [1.165, 1.54) is 16.6 Å². The zero-order chi connectivity index (χ0) is 34.7. The molecule has 0 unspecified atom stereocenters. The molecular weight excluding hydrogens is 647 g/mol. The van der Waals surface area contributed by atoms with Gasteiger partial charge in [0.25, 0.3) is 5.91 Å². The van der Waals surface area contributed by atoms with Gasteiger partial charge in [0.1, 0.15) is 13.6 Å². The monoisotopic (exact) mass is 692 g/mol. The lowest BCUT2D eigenvalue weighted by atomic mass is 9.91. The van der Waals surface area contributed by atoms with Crippen LogP contribution in [0, 0.1) is 0 Å². The van der Waals surface area contributed by atoms with Crippen molar-refractivity contribution in [3.63, 3.8) is 0 Å². The molecular formula is C34H45BN6O7S. The Kier molecular flexibility index (Phi) is 10.7. The molecule has 0 aromatic heterocycles. The summed E-state index contributed by atoms with van der Waals surface area (Å²) in [6.45, 7) is 4.58. The van der Waals surface area contributed by atoms with E-state index in [0.717, 1.165) is 30.5 Å². The number of rotatable bonds is 7. The average molecular weight is 693 g/mol. The number of nitrogens with one attached hydrogen (secondary N) is 1. The summed E-state index contributed by atoms with van der Waals surface area (Å²) in [7, 11) is 2.73. The standard InChI is InChI=1S/C34H45BN6O7S/c1-49(46,47)40-15-11-26(12-16-40)37-18-20-38(21-19-37)32(43)31(23-24-6-7-30(42)28(35)22-24)48-34(45)39-13-9-27(10-14-39)41-17-8-25-4-2-3-5-29(25)36-33(41)44/h2-7,22,26-27,31,42H,8-21,23H2,1H3,(H,36,44)/t31-/m1/s1. The molecule has 2 radical (unpaired) electrons. The highest BCUT2D eigenvalue weighted by Crippen LogP contribution is 2.26. The van der Waals surface area contributed by atoms with Gasteiger partial charge in [-0.2, -0.15) is 0 Å². The number of piperidine rings is 2. The smallest absolute Gasteiger partial charge is 0.410 e. The lowest BCUT2D eigenvalue weighted by Gasteiger charge is -2.43. The molecule has 2 aromatic rings. The van der Waals surface area contributed by atoms with E-state index in [-0.39, 0.29) is 41.7 Å². The van der Waals surface area contributed by atoms with Crippen LogP contribution in [-0.2, 0) is 32.4 Å². The second-order valence-electron chi connectivity index (χ2n) is 13.5. The number of fused-ring (bicyclic) bond motifs is 1. The van der Waals surface area contributed by atoms with Crippen molar-refractivity contribution in [2.24, 2.45) is 0 Å². The zero-order valence-electron chi connectivity index (χ0n) is 28.0. The highest BCUT2D eigenvalue weighted by Gasteiger charge is 2.37. The van der Waals surface area contributed by atoms with E-state index in [1.54, 1.807) is 21.9 Å². The van der Waals surface area contributed by atoms with Crippen molar-refractivity contribution < 1.29 is 32.6 Å². The summed E-state index contributed by atoms with van der Waals surface area (Å²) >= 11 is 0. The predicted octanol–water partition coefficient (Wildman–Crippen LogP) is 1.36. The van der Waals surface area contributed by atoms with Crippen LogP contribution in [-0.4, -0.2) is 147 Å². The number of phenolic OH excluding ortho intramolecular Hbond substituents is 1. The zero-order valence-corrected chi connectivity index (χ0v) is 28.8. The Morgan fingerprint density at radius 1 is 0.918 bits per heavy atom. The number of ether oxygens (including phenoxy) is 1. The van der Waals surface area contributed by atoms with Crippen LogP contribution >= 0.6 is 0 Å². The Hall–Kier alpha value is -3.82. The van der Waals surface area contributed by atoms with E-state index in [2.05, 4.69) is 10.2 Å². The van der Waals surface area contributed by atoms with Crippen LogP contribution in [0.5, 0.6) is 5.75 Å². The van der Waals surface area contributed by atoms with E-state index in [4.69, 9.17) is 12.6 Å². The molecule has 3 fully saturated rings. The first-order chi connectivity index (χ1) is 23.5. The molecule has 0 aliphatic carbocycles. The highest BCUT2D eigenvalue weighted by atomic mass is 32.2. The number of carbonyl (C=O) groups excluding carboxylic acids is 3. The summed E-state index contributed by atoms with van der Waals surface area (Å²) in [4.78, 5) is 48.0. The average Bonchev–Trinajstić information content (AvgIpc) is 3.27. The summed E-state index contributed by atoms with van der Waals surface area (Å²) in [5.74, 6) is -0.353. The number of nitrogens with zero attached hydrogens (tertiary/aromatic N) is 5. The second-order valence-corrected chi connectivity index (χ2v) is 15.5. The fraction of sp³-hybridized carbons (Fsp3) is 0.559. The lowest BCUT2D eigenvalue weighted by Crippen LogP contribution is -2.57. The third-order valence-electron chi connectivity index (χ3n) is 10.4. The molecule has 4 heterocycles. The number of benzene rings is 2. The number of phenols is 1. The molecule has 3 saturated heterocycles. The number of amides is 4. The molecule has 0 spiro atoms. The topological polar surface area (TPSA) is 143 Å². The van der Waals surface area contributed by atoms with Crippen LogP contribution in [0.25, 0.3) is 0 Å². The largest absolute Gasteiger partial charge is 0.509 e. The third kappa shape index (κ3) is 8.33. The van der Waals surface area contributed by atoms with Gasteiger partial charge in [0.15, 0.2) is 6.10 Å². The maximum atomic E-state index is 13.9. The molecule has 2 N–H and O–H groups in total. The van der Waals surface area contributed by atoms with E-state index >= 15 is 0 Å².